The average Bonchev–Trinajstić information content (AvgIpc) is 4.32. The monoisotopic (exact) mass is 1140 g/mol. The Morgan fingerprint density at radius 3 is 1.54 bits per heavy atom. The minimum atomic E-state index is 0. The first-order chi connectivity index (χ1) is 32.3. The lowest BCUT2D eigenvalue weighted by Crippen LogP contribution is -2.44. The number of fused-ring (bicyclic) bond motifs is 10. The normalized spacial score (nSPS) is 44.9. The summed E-state index contributed by atoms with van der Waals surface area (Å²) >= 11 is 5.53. The summed E-state index contributed by atoms with van der Waals surface area (Å²) in [5.41, 5.74) is 8.42. The van der Waals surface area contributed by atoms with Crippen molar-refractivity contribution < 1.29 is 19.6 Å². The van der Waals surface area contributed by atoms with Crippen molar-refractivity contribution >= 4 is 74.0 Å². The van der Waals surface area contributed by atoms with E-state index in [4.69, 9.17) is 10.9 Å². The highest BCUT2D eigenvalue weighted by atomic mass is 127. The highest BCUT2D eigenvalue weighted by Gasteiger charge is 2.58. The van der Waals surface area contributed by atoms with Gasteiger partial charge >= 0.3 is 0 Å². The maximum Gasteiger partial charge on any atom is 0.142 e. The van der Waals surface area contributed by atoms with Gasteiger partial charge in [-0.15, -0.1) is 12.4 Å². The average molecular weight is 1140 g/mol. The van der Waals surface area contributed by atoms with Gasteiger partial charge < -0.3 is 10.9 Å². The van der Waals surface area contributed by atoms with Crippen LogP contribution in [0.3, 0.4) is 0 Å². The van der Waals surface area contributed by atoms with E-state index in [2.05, 4.69) is 64.4 Å². The maximum absolute atomic E-state index is 12.1. The molecule has 0 amide bonds. The van der Waals surface area contributed by atoms with E-state index in [1.165, 1.54) is 192 Å². The van der Waals surface area contributed by atoms with Crippen LogP contribution in [0, 0.1) is 111 Å². The molecule has 6 nitrogen and oxygen atoms in total. The van der Waals surface area contributed by atoms with Gasteiger partial charge in [0.2, 0.25) is 0 Å². The highest BCUT2D eigenvalue weighted by molar-refractivity contribution is 14.1. The van der Waals surface area contributed by atoms with E-state index in [-0.39, 0.29) is 23.2 Å². The fourth-order valence-corrected chi connectivity index (χ4v) is 17.6. The smallest absolute Gasteiger partial charge is 0.142 e. The summed E-state index contributed by atoms with van der Waals surface area (Å²) in [7, 11) is 0. The van der Waals surface area contributed by atoms with Gasteiger partial charge in [0.05, 0.1) is 5.71 Å². The van der Waals surface area contributed by atoms with Crippen molar-refractivity contribution in [2.75, 3.05) is 10.3 Å². The predicted molar refractivity (Wildman–Crippen MR) is 292 cm³/mol. The first-order valence-electron chi connectivity index (χ1n) is 28.8. The molecule has 15 atom stereocenters. The number of alkyl halides is 2. The Balaban J connectivity index is 0.000000111. The van der Waals surface area contributed by atoms with Gasteiger partial charge in [0.15, 0.2) is 0 Å². The summed E-state index contributed by atoms with van der Waals surface area (Å²) in [5, 5.41) is 14.0. The largest absolute Gasteiger partial charge is 0.411 e. The Kier molecular flexibility index (Phi) is 18.2. The maximum atomic E-state index is 12.1. The number of Topliss-reactive ketones (excluding diaryl/α,β-unsaturated/α-hetero) is 3. The molecule has 10 bridgehead atoms. The van der Waals surface area contributed by atoms with Crippen LogP contribution in [0.1, 0.15) is 213 Å². The number of rotatable bonds is 9. The topological polar surface area (TPSA) is 110 Å². The van der Waals surface area contributed by atoms with Crippen LogP contribution in [0.15, 0.2) is 5.16 Å². The Morgan fingerprint density at radius 1 is 0.574 bits per heavy atom. The molecule has 386 valence electrons. The Hall–Kier alpha value is -0.0600. The molecule has 15 saturated carbocycles. The molecule has 0 aromatic rings. The van der Waals surface area contributed by atoms with Gasteiger partial charge in [-0.05, 0) is 210 Å². The third-order valence-corrected chi connectivity index (χ3v) is 23.0. The Bertz CT molecular complexity index is 1770. The molecule has 3 N–H and O–H groups in total. The number of nitrogens with zero attached hydrogens (tertiary/aromatic N) is 1. The van der Waals surface area contributed by atoms with Gasteiger partial charge in [-0.25, -0.2) is 0 Å². The number of halogens is 3. The molecule has 15 aliphatic rings. The zero-order valence-electron chi connectivity index (χ0n) is 43.1. The minimum absolute atomic E-state index is 0. The van der Waals surface area contributed by atoms with Crippen molar-refractivity contribution in [3.05, 3.63) is 0 Å². The molecule has 68 heavy (non-hydrogen) atoms. The Morgan fingerprint density at radius 2 is 1.10 bits per heavy atom. The number of hydrogen-bond donors (Lipinski definition) is 2. The fourth-order valence-electron chi connectivity index (χ4n) is 17.0. The molecule has 0 saturated heterocycles. The third kappa shape index (κ3) is 12.2. The second-order valence-electron chi connectivity index (χ2n) is 26.9. The van der Waals surface area contributed by atoms with Crippen LogP contribution >= 0.6 is 50.9 Å². The van der Waals surface area contributed by atoms with Crippen molar-refractivity contribution in [1.82, 2.24) is 0 Å². The zero-order valence-corrected chi connectivity index (χ0v) is 47.7. The molecule has 9 heteroatoms. The molecule has 0 unspecified atom stereocenters. The molecule has 15 aliphatic carbocycles. The summed E-state index contributed by atoms with van der Waals surface area (Å²) < 4.78 is 0. The Labute approximate surface area is 442 Å². The molecule has 0 spiro atoms. The summed E-state index contributed by atoms with van der Waals surface area (Å²) in [5.74, 6) is 14.3. The van der Waals surface area contributed by atoms with Gasteiger partial charge in [-0.2, -0.15) is 0 Å². The highest BCUT2D eigenvalue weighted by Crippen LogP contribution is 2.61. The first kappa shape index (κ1) is 54.2. The lowest BCUT2D eigenvalue weighted by molar-refractivity contribution is -0.132. The number of carbonyl (C=O) groups excluding carboxylic acids is 3. The second-order valence-corrected chi connectivity index (χ2v) is 27.6. The number of ketones is 3. The van der Waals surface area contributed by atoms with Crippen molar-refractivity contribution in [3.63, 3.8) is 0 Å². The van der Waals surface area contributed by atoms with Crippen LogP contribution in [-0.2, 0) is 14.4 Å². The van der Waals surface area contributed by atoms with E-state index < -0.39 is 0 Å². The summed E-state index contributed by atoms with van der Waals surface area (Å²) in [4.78, 5) is 36.6. The van der Waals surface area contributed by atoms with E-state index in [9.17, 15) is 14.4 Å². The van der Waals surface area contributed by atoms with Crippen molar-refractivity contribution in [3.8, 4) is 0 Å². The van der Waals surface area contributed by atoms with Gasteiger partial charge in [0, 0.05) is 58.2 Å². The minimum Gasteiger partial charge on any atom is -0.411 e. The predicted octanol–water partition coefficient (Wildman–Crippen LogP) is 15.4. The van der Waals surface area contributed by atoms with Crippen molar-refractivity contribution in [2.45, 2.75) is 219 Å². The van der Waals surface area contributed by atoms with E-state index in [1.54, 1.807) is 0 Å². The van der Waals surface area contributed by atoms with Crippen LogP contribution in [-0.4, -0.2) is 44.6 Å². The molecule has 0 aliphatic heterocycles. The molecule has 0 aromatic heterocycles. The van der Waals surface area contributed by atoms with E-state index in [1.807, 2.05) is 4.93 Å². The summed E-state index contributed by atoms with van der Waals surface area (Å²) in [6.45, 7) is 7.06. The molecule has 0 heterocycles. The third-order valence-electron chi connectivity index (χ3n) is 22.1. The van der Waals surface area contributed by atoms with Crippen LogP contribution in [0.2, 0.25) is 0 Å². The number of hydrogen-bond acceptors (Lipinski definition) is 6. The van der Waals surface area contributed by atoms with Crippen LogP contribution in [0.4, 0.5) is 0 Å². The van der Waals surface area contributed by atoms with Crippen LogP contribution < -0.4 is 5.73 Å². The first-order valence-corrected chi connectivity index (χ1v) is 32.1. The lowest BCUT2D eigenvalue weighted by atomic mass is 9.68. The van der Waals surface area contributed by atoms with Gasteiger partial charge in [0.1, 0.15) is 17.3 Å². The number of carbonyl (C=O) groups is 3. The zero-order chi connectivity index (χ0) is 47.3. The molecule has 15 fully saturated rings. The molecule has 0 radical (unpaired) electrons. The summed E-state index contributed by atoms with van der Waals surface area (Å²) in [6, 6.07) is 0.534. The lowest BCUT2D eigenvalue weighted by Gasteiger charge is -2.39. The molecule has 0 aromatic carbocycles. The van der Waals surface area contributed by atoms with E-state index >= 15 is 0 Å². The van der Waals surface area contributed by atoms with Gasteiger partial charge in [-0.3, -0.25) is 14.4 Å². The van der Waals surface area contributed by atoms with Gasteiger partial charge in [0.25, 0.3) is 0 Å². The fraction of sp³-hybridized carbons (Fsp3) is 0.932. The molecule has 15 rings (SSSR count). The van der Waals surface area contributed by atoms with E-state index in [0.29, 0.717) is 58.4 Å². The standard InChI is InChI=1S/C12H19NO.C12H21N.C12H18O.C11H16O.C7H10O.C4H7Br.CH3I.ClH/c1-12(7-8-2-3-8)10-5-4-9(6-10)11(12)13-14;2*1-12(7-8-2-3-8)10-5-4-9(6-10)11(12)13;12-11-9-4-3-8(6-9)10(11)5-7-1-2-7;8-7-4-5-1-2-6(7)3-5;5-3-4-1-2-4;1-2;/h8-10,14H,2-7H2,1H3;8-11H,2-7,13H2,1H3;8-10H,2-7H2,1H3;7-10H,1-6H2;5-6H,1-4H2;4H,1-3H2;1H3;1H/b13-11-;;;;;;;/t9-,10+,12+;9-,10+,11-,12+;9-,10+,12+;8-,9+,10+;5-,6+;;;/m11100.../s1. The molecular formula is C59H95BrClIN2O4. The van der Waals surface area contributed by atoms with Crippen LogP contribution in [0.25, 0.3) is 0 Å². The van der Waals surface area contributed by atoms with E-state index in [0.717, 1.165) is 77.2 Å². The van der Waals surface area contributed by atoms with Crippen LogP contribution in [0.5, 0.6) is 0 Å². The number of nitrogens with two attached hydrogens (primary N) is 1. The SMILES string of the molecule is BrCC1CC1.CI.C[C@@]1(CC2CC2)/C(=N\O)[C@@H]2CC[C@H]1C2.C[C@@]1(CC2CC2)C(=O)[C@@H]2CC[C@H]1C2.C[C@]1(CC2CC2)[C@H]2CC[C@H](C2)[C@H]1N.Cl.O=C1C[C@H]2CC[C@@H]1C2.O=C1[C@@H]2CC[C@@H](C2)[C@H]1CC1CC1. The number of oxime groups is 1. The second kappa shape index (κ2) is 22.8. The quantitative estimate of drug-likeness (QED) is 0.103. The molecular weight excluding hydrogens is 1040 g/mol. The van der Waals surface area contributed by atoms with Crippen molar-refractivity contribution in [1.29, 1.82) is 0 Å². The van der Waals surface area contributed by atoms with Gasteiger partial charge in [-0.1, -0.05) is 116 Å². The van der Waals surface area contributed by atoms with Crippen molar-refractivity contribution in [2.24, 2.45) is 122 Å². The summed E-state index contributed by atoms with van der Waals surface area (Å²) in [6.07, 6.45) is 40.0.